The van der Waals surface area contributed by atoms with E-state index in [4.69, 9.17) is 0 Å². The zero-order valence-corrected chi connectivity index (χ0v) is 11.4. The molecule has 0 spiro atoms. The number of Topliss-reactive ketones (excluding diaryl/α,β-unsaturated/α-hetero) is 1. The van der Waals surface area contributed by atoms with E-state index in [1.54, 1.807) is 12.4 Å². The van der Waals surface area contributed by atoms with E-state index < -0.39 is 0 Å². The number of fused-ring (bicyclic) bond motifs is 1. The third kappa shape index (κ3) is 2.31. The van der Waals surface area contributed by atoms with Gasteiger partial charge in [-0.3, -0.25) is 14.5 Å². The summed E-state index contributed by atoms with van der Waals surface area (Å²) in [6.07, 6.45) is 6.92. The summed E-state index contributed by atoms with van der Waals surface area (Å²) < 4.78 is 1.89. The largest absolute Gasteiger partial charge is 0.300 e. The summed E-state index contributed by atoms with van der Waals surface area (Å²) in [6.45, 7) is 0.798. The number of hydrogen-bond acceptors (Lipinski definition) is 4. The fraction of sp³-hybridized carbons (Fsp3) is 0.250. The van der Waals surface area contributed by atoms with Gasteiger partial charge in [-0.1, -0.05) is 12.1 Å². The van der Waals surface area contributed by atoms with Gasteiger partial charge >= 0.3 is 0 Å². The molecule has 1 aliphatic carbocycles. The third-order valence-electron chi connectivity index (χ3n) is 3.86. The molecule has 1 aromatic carbocycles. The van der Waals surface area contributed by atoms with E-state index in [1.807, 2.05) is 35.1 Å². The Kier molecular flexibility index (Phi) is 2.77. The van der Waals surface area contributed by atoms with Crippen LogP contribution in [0.5, 0.6) is 0 Å². The number of ketones is 1. The predicted molar refractivity (Wildman–Crippen MR) is 78.5 cm³/mol. The molecule has 0 atom stereocenters. The van der Waals surface area contributed by atoms with E-state index in [1.165, 1.54) is 0 Å². The first-order chi connectivity index (χ1) is 10.3. The zero-order valence-electron chi connectivity index (χ0n) is 11.4. The first-order valence-electron chi connectivity index (χ1n) is 7.04. The number of hydrogen-bond donors (Lipinski definition) is 0. The van der Waals surface area contributed by atoms with Crippen molar-refractivity contribution in [1.29, 1.82) is 0 Å². The summed E-state index contributed by atoms with van der Waals surface area (Å²) in [5.41, 5.74) is 3.55. The summed E-state index contributed by atoms with van der Waals surface area (Å²) in [6, 6.07) is 7.81. The molecular formula is C16H14N4O. The number of carbonyl (C=O) groups is 1. The molecule has 0 bridgehead atoms. The molecule has 0 radical (unpaired) electrons. The molecule has 0 N–H and O–H groups in total. The van der Waals surface area contributed by atoms with Gasteiger partial charge in [0.2, 0.25) is 0 Å². The van der Waals surface area contributed by atoms with Crippen LogP contribution in [-0.2, 0) is 11.3 Å². The van der Waals surface area contributed by atoms with Crippen LogP contribution in [0.2, 0.25) is 0 Å². The molecule has 1 fully saturated rings. The number of rotatable bonds is 3. The molecule has 21 heavy (non-hydrogen) atoms. The van der Waals surface area contributed by atoms with Crippen LogP contribution in [0.15, 0.2) is 42.9 Å². The van der Waals surface area contributed by atoms with Gasteiger partial charge in [0.05, 0.1) is 29.1 Å². The highest BCUT2D eigenvalue weighted by molar-refractivity contribution is 5.84. The Hall–Kier alpha value is -2.56. The van der Waals surface area contributed by atoms with Crippen molar-refractivity contribution in [3.05, 3.63) is 42.9 Å². The number of benzene rings is 1. The first-order valence-corrected chi connectivity index (χ1v) is 7.04. The first kappa shape index (κ1) is 12.2. The highest BCUT2D eigenvalue weighted by atomic mass is 16.1. The molecule has 5 heteroatoms. The minimum atomic E-state index is 0.354. The Morgan fingerprint density at radius 1 is 1.14 bits per heavy atom. The van der Waals surface area contributed by atoms with Gasteiger partial charge in [0.25, 0.3) is 0 Å². The monoisotopic (exact) mass is 278 g/mol. The number of aromatic nitrogens is 4. The van der Waals surface area contributed by atoms with Crippen molar-refractivity contribution in [2.75, 3.05) is 0 Å². The van der Waals surface area contributed by atoms with E-state index >= 15 is 0 Å². The fourth-order valence-electron chi connectivity index (χ4n) is 2.67. The van der Waals surface area contributed by atoms with Crippen LogP contribution in [-0.4, -0.2) is 25.5 Å². The number of carbonyl (C=O) groups excluding carboxylic acids is 1. The van der Waals surface area contributed by atoms with Crippen molar-refractivity contribution in [2.24, 2.45) is 5.92 Å². The maximum Gasteiger partial charge on any atom is 0.133 e. The molecular weight excluding hydrogens is 264 g/mol. The average molecular weight is 278 g/mol. The lowest BCUT2D eigenvalue weighted by Crippen LogP contribution is -2.27. The summed E-state index contributed by atoms with van der Waals surface area (Å²) in [5, 5.41) is 4.36. The molecule has 0 amide bonds. The minimum Gasteiger partial charge on any atom is -0.300 e. The summed E-state index contributed by atoms with van der Waals surface area (Å²) in [5.74, 6) is 0.792. The van der Waals surface area contributed by atoms with Gasteiger partial charge in [-0.05, 0) is 18.1 Å². The maximum absolute atomic E-state index is 11.0. The SMILES string of the molecule is O=C1CC(Cn2cc(-c3cnc4ccccc4n3)cn2)C1. The molecule has 1 aliphatic rings. The van der Waals surface area contributed by atoms with Crippen molar-refractivity contribution in [2.45, 2.75) is 19.4 Å². The Bertz CT molecular complexity index is 816. The quantitative estimate of drug-likeness (QED) is 0.738. The van der Waals surface area contributed by atoms with Crippen molar-refractivity contribution in [3.8, 4) is 11.3 Å². The van der Waals surface area contributed by atoms with Crippen LogP contribution >= 0.6 is 0 Å². The standard InChI is InChI=1S/C16H14N4O/c21-13-5-11(6-13)9-20-10-12(7-18-20)16-8-17-14-3-1-2-4-15(14)19-16/h1-4,7-8,10-11H,5-6,9H2. The molecule has 1 saturated carbocycles. The van der Waals surface area contributed by atoms with Crippen LogP contribution in [0, 0.1) is 5.92 Å². The van der Waals surface area contributed by atoms with Crippen LogP contribution in [0.3, 0.4) is 0 Å². The van der Waals surface area contributed by atoms with Crippen molar-refractivity contribution < 1.29 is 4.79 Å². The maximum atomic E-state index is 11.0. The van der Waals surface area contributed by atoms with E-state index in [0.717, 1.165) is 28.8 Å². The molecule has 3 aromatic rings. The molecule has 2 heterocycles. The van der Waals surface area contributed by atoms with Crippen LogP contribution < -0.4 is 0 Å². The molecule has 2 aromatic heterocycles. The van der Waals surface area contributed by atoms with Gasteiger partial charge in [-0.25, -0.2) is 4.98 Å². The molecule has 0 saturated heterocycles. The smallest absolute Gasteiger partial charge is 0.133 e. The van der Waals surface area contributed by atoms with Crippen LogP contribution in [0.25, 0.3) is 22.3 Å². The fourth-order valence-corrected chi connectivity index (χ4v) is 2.67. The van der Waals surface area contributed by atoms with Crippen LogP contribution in [0.4, 0.5) is 0 Å². The van der Waals surface area contributed by atoms with Gasteiger partial charge in [-0.2, -0.15) is 5.10 Å². The second kappa shape index (κ2) is 4.77. The molecule has 5 nitrogen and oxygen atoms in total. The summed E-state index contributed by atoms with van der Waals surface area (Å²) in [7, 11) is 0. The highest BCUT2D eigenvalue weighted by Crippen LogP contribution is 2.25. The van der Waals surface area contributed by atoms with Gasteiger partial charge in [-0.15, -0.1) is 0 Å². The predicted octanol–water partition coefficient (Wildman–Crippen LogP) is 2.47. The van der Waals surface area contributed by atoms with Gasteiger partial charge in [0.1, 0.15) is 5.78 Å². The average Bonchev–Trinajstić information content (AvgIpc) is 2.94. The Morgan fingerprint density at radius 3 is 2.76 bits per heavy atom. The van der Waals surface area contributed by atoms with E-state index in [0.29, 0.717) is 24.5 Å². The number of nitrogens with zero attached hydrogens (tertiary/aromatic N) is 4. The van der Waals surface area contributed by atoms with E-state index in [-0.39, 0.29) is 0 Å². The van der Waals surface area contributed by atoms with Crippen molar-refractivity contribution in [3.63, 3.8) is 0 Å². The Balaban J connectivity index is 1.59. The topological polar surface area (TPSA) is 60.7 Å². The van der Waals surface area contributed by atoms with Gasteiger partial charge in [0.15, 0.2) is 0 Å². The summed E-state index contributed by atoms with van der Waals surface area (Å²) in [4.78, 5) is 20.0. The number of para-hydroxylation sites is 2. The molecule has 104 valence electrons. The second-order valence-electron chi connectivity index (χ2n) is 5.51. The van der Waals surface area contributed by atoms with Crippen molar-refractivity contribution in [1.82, 2.24) is 19.7 Å². The zero-order chi connectivity index (χ0) is 14.2. The highest BCUT2D eigenvalue weighted by Gasteiger charge is 2.26. The lowest BCUT2D eigenvalue weighted by molar-refractivity contribution is -0.127. The van der Waals surface area contributed by atoms with Gasteiger partial charge in [0, 0.05) is 31.1 Å². The third-order valence-corrected chi connectivity index (χ3v) is 3.86. The molecule has 0 aliphatic heterocycles. The van der Waals surface area contributed by atoms with E-state index in [2.05, 4.69) is 15.1 Å². The van der Waals surface area contributed by atoms with Crippen molar-refractivity contribution >= 4 is 16.8 Å². The van der Waals surface area contributed by atoms with E-state index in [9.17, 15) is 4.79 Å². The Morgan fingerprint density at radius 2 is 1.95 bits per heavy atom. The lowest BCUT2D eigenvalue weighted by Gasteiger charge is -2.23. The lowest BCUT2D eigenvalue weighted by atomic mass is 9.84. The summed E-state index contributed by atoms with van der Waals surface area (Å²) >= 11 is 0. The second-order valence-corrected chi connectivity index (χ2v) is 5.51. The molecule has 4 rings (SSSR count). The van der Waals surface area contributed by atoms with Crippen LogP contribution in [0.1, 0.15) is 12.8 Å². The normalized spacial score (nSPS) is 15.3. The minimum absolute atomic E-state index is 0.354. The van der Waals surface area contributed by atoms with Gasteiger partial charge < -0.3 is 0 Å². The molecule has 0 unspecified atom stereocenters. The Labute approximate surface area is 121 Å².